The van der Waals surface area contributed by atoms with Crippen LogP contribution in [0.1, 0.15) is 30.7 Å². The summed E-state index contributed by atoms with van der Waals surface area (Å²) in [6.45, 7) is 4.05. The van der Waals surface area contributed by atoms with Gasteiger partial charge in [-0.25, -0.2) is 0 Å². The smallest absolute Gasteiger partial charge is 0.282 e. The molecule has 0 fully saturated rings. The first-order valence-electron chi connectivity index (χ1n) is 6.65. The summed E-state index contributed by atoms with van der Waals surface area (Å²) in [5.41, 5.74) is 0.853. The van der Waals surface area contributed by atoms with Crippen LogP contribution >= 0.6 is 11.3 Å². The molecule has 1 heterocycles. The Morgan fingerprint density at radius 1 is 1.38 bits per heavy atom. The predicted octanol–water partition coefficient (Wildman–Crippen LogP) is 1.50. The fourth-order valence-corrected chi connectivity index (χ4v) is 3.76. The maximum atomic E-state index is 12.3. The van der Waals surface area contributed by atoms with Crippen molar-refractivity contribution < 1.29 is 13.5 Å². The van der Waals surface area contributed by atoms with Crippen molar-refractivity contribution in [2.24, 2.45) is 0 Å². The lowest BCUT2D eigenvalue weighted by Gasteiger charge is -2.26. The lowest BCUT2D eigenvalue weighted by molar-refractivity contribution is 0.305. The number of hydrogen-bond donors (Lipinski definition) is 1. The normalized spacial score (nSPS) is 12.0. The third-order valence-corrected chi connectivity index (χ3v) is 5.97. The molecule has 0 saturated carbocycles. The van der Waals surface area contributed by atoms with Gasteiger partial charge in [0.05, 0.1) is 6.61 Å². The summed E-state index contributed by atoms with van der Waals surface area (Å²) in [7, 11) is -0.289. The average molecular weight is 330 g/mol. The fourth-order valence-electron chi connectivity index (χ4n) is 1.54. The van der Waals surface area contributed by atoms with Gasteiger partial charge in [-0.15, -0.1) is 11.3 Å². The molecule has 0 radical (unpaired) electrons. The monoisotopic (exact) mass is 330 g/mol. The zero-order valence-electron chi connectivity index (χ0n) is 12.8. The van der Waals surface area contributed by atoms with Crippen LogP contribution in [0, 0.1) is 11.8 Å². The SMILES string of the molecule is CC(C)N(C)S(=O)(=O)N(C)Cc1cc(C#CCCO)cs1. The highest BCUT2D eigenvalue weighted by Crippen LogP contribution is 2.18. The van der Waals surface area contributed by atoms with E-state index in [0.717, 1.165) is 10.4 Å². The van der Waals surface area contributed by atoms with Crippen LogP contribution in [0.3, 0.4) is 0 Å². The van der Waals surface area contributed by atoms with Gasteiger partial charge in [0.1, 0.15) is 0 Å². The van der Waals surface area contributed by atoms with Gasteiger partial charge in [-0.3, -0.25) is 0 Å². The Morgan fingerprint density at radius 3 is 2.62 bits per heavy atom. The van der Waals surface area contributed by atoms with Crippen molar-refractivity contribution >= 4 is 21.5 Å². The van der Waals surface area contributed by atoms with Crippen LogP contribution in [0.25, 0.3) is 0 Å². The van der Waals surface area contributed by atoms with Crippen molar-refractivity contribution in [1.29, 1.82) is 0 Å². The molecule has 0 aliphatic heterocycles. The molecule has 21 heavy (non-hydrogen) atoms. The highest BCUT2D eigenvalue weighted by Gasteiger charge is 2.25. The van der Waals surface area contributed by atoms with Gasteiger partial charge < -0.3 is 5.11 Å². The second kappa shape index (κ2) is 7.92. The number of thiophene rings is 1. The highest BCUT2D eigenvalue weighted by atomic mass is 32.2. The Hall–Kier alpha value is -0.910. The summed E-state index contributed by atoms with van der Waals surface area (Å²) < 4.78 is 27.3. The molecule has 0 aromatic carbocycles. The molecule has 1 N–H and O–H groups in total. The van der Waals surface area contributed by atoms with Crippen LogP contribution in [0.4, 0.5) is 0 Å². The Kier molecular flexibility index (Phi) is 6.84. The third kappa shape index (κ3) is 5.09. The molecule has 0 bridgehead atoms. The van der Waals surface area contributed by atoms with Gasteiger partial charge in [-0.1, -0.05) is 11.8 Å². The van der Waals surface area contributed by atoms with Crippen LogP contribution in [-0.2, 0) is 16.8 Å². The molecule has 0 amide bonds. The van der Waals surface area contributed by atoms with E-state index < -0.39 is 10.2 Å². The molecule has 1 aromatic heterocycles. The molecule has 0 aliphatic carbocycles. The number of aliphatic hydroxyl groups excluding tert-OH is 1. The maximum absolute atomic E-state index is 12.3. The van der Waals surface area contributed by atoms with Gasteiger partial charge in [-0.2, -0.15) is 17.0 Å². The zero-order chi connectivity index (χ0) is 16.0. The summed E-state index contributed by atoms with van der Waals surface area (Å²) in [6.07, 6.45) is 0.443. The molecule has 1 aromatic rings. The van der Waals surface area contributed by atoms with E-state index in [1.54, 1.807) is 14.1 Å². The maximum Gasteiger partial charge on any atom is 0.282 e. The van der Waals surface area contributed by atoms with Crippen LogP contribution in [-0.4, -0.2) is 48.9 Å². The second-order valence-corrected chi connectivity index (χ2v) is 8.04. The molecule has 1 rings (SSSR count). The zero-order valence-corrected chi connectivity index (χ0v) is 14.5. The summed E-state index contributed by atoms with van der Waals surface area (Å²) in [6, 6.07) is 1.80. The van der Waals surface area contributed by atoms with Gasteiger partial charge in [0, 0.05) is 48.9 Å². The summed E-state index contributed by atoms with van der Waals surface area (Å²) in [5, 5.41) is 10.6. The van der Waals surface area contributed by atoms with E-state index in [0.29, 0.717) is 13.0 Å². The minimum atomic E-state index is -3.44. The Bertz CT molecular complexity index is 612. The van der Waals surface area contributed by atoms with Crippen molar-refractivity contribution in [2.75, 3.05) is 20.7 Å². The van der Waals surface area contributed by atoms with Gasteiger partial charge in [0.25, 0.3) is 10.2 Å². The first kappa shape index (κ1) is 18.1. The molecule has 0 spiro atoms. The lowest BCUT2D eigenvalue weighted by atomic mass is 10.3. The van der Waals surface area contributed by atoms with Crippen molar-refractivity contribution in [3.63, 3.8) is 0 Å². The van der Waals surface area contributed by atoms with Gasteiger partial charge >= 0.3 is 0 Å². The molecule has 5 nitrogen and oxygen atoms in total. The number of rotatable bonds is 6. The van der Waals surface area contributed by atoms with E-state index in [1.807, 2.05) is 25.3 Å². The highest BCUT2D eigenvalue weighted by molar-refractivity contribution is 7.86. The molecule has 7 heteroatoms. The molecule has 0 unspecified atom stereocenters. The summed E-state index contributed by atoms with van der Waals surface area (Å²) in [4.78, 5) is 0.937. The Labute approximate surface area is 131 Å². The topological polar surface area (TPSA) is 60.9 Å². The minimum absolute atomic E-state index is 0.0481. The van der Waals surface area contributed by atoms with Crippen molar-refractivity contribution in [1.82, 2.24) is 8.61 Å². The largest absolute Gasteiger partial charge is 0.395 e. The first-order valence-corrected chi connectivity index (χ1v) is 8.93. The number of nitrogens with zero attached hydrogens (tertiary/aromatic N) is 2. The van der Waals surface area contributed by atoms with E-state index in [2.05, 4.69) is 11.8 Å². The molecule has 0 atom stereocenters. The quantitative estimate of drug-likeness (QED) is 0.804. The van der Waals surface area contributed by atoms with E-state index in [-0.39, 0.29) is 12.6 Å². The Balaban J connectivity index is 2.76. The van der Waals surface area contributed by atoms with Gasteiger partial charge in [-0.05, 0) is 19.9 Å². The molecular formula is C14H22N2O3S2. The van der Waals surface area contributed by atoms with E-state index >= 15 is 0 Å². The van der Waals surface area contributed by atoms with Crippen LogP contribution < -0.4 is 0 Å². The van der Waals surface area contributed by atoms with Crippen LogP contribution in [0.2, 0.25) is 0 Å². The second-order valence-electron chi connectivity index (χ2n) is 4.95. The number of hydrogen-bond acceptors (Lipinski definition) is 4. The van der Waals surface area contributed by atoms with E-state index in [4.69, 9.17) is 5.11 Å². The first-order chi connectivity index (χ1) is 9.78. The van der Waals surface area contributed by atoms with E-state index in [9.17, 15) is 8.42 Å². The van der Waals surface area contributed by atoms with E-state index in [1.165, 1.54) is 19.9 Å². The Morgan fingerprint density at radius 2 is 2.05 bits per heavy atom. The molecule has 0 aliphatic rings. The lowest BCUT2D eigenvalue weighted by Crippen LogP contribution is -2.42. The minimum Gasteiger partial charge on any atom is -0.395 e. The molecule has 118 valence electrons. The van der Waals surface area contributed by atoms with Crippen LogP contribution in [0.15, 0.2) is 11.4 Å². The van der Waals surface area contributed by atoms with Crippen molar-refractivity contribution in [2.45, 2.75) is 32.9 Å². The van der Waals surface area contributed by atoms with Gasteiger partial charge in [0.2, 0.25) is 0 Å². The standard InChI is InChI=1S/C14H22N2O3S2/c1-12(2)16(4)21(18,19)15(3)10-14-9-13(11-20-14)7-5-6-8-17/h9,11-12,17H,6,8,10H2,1-4H3. The molecular weight excluding hydrogens is 308 g/mol. The predicted molar refractivity (Wildman–Crippen MR) is 86.2 cm³/mol. The van der Waals surface area contributed by atoms with Crippen LogP contribution in [0.5, 0.6) is 0 Å². The van der Waals surface area contributed by atoms with Gasteiger partial charge in [0.15, 0.2) is 0 Å². The average Bonchev–Trinajstić information content (AvgIpc) is 2.85. The fraction of sp³-hybridized carbons (Fsp3) is 0.571. The molecule has 0 saturated heterocycles. The summed E-state index contributed by atoms with van der Waals surface area (Å²) >= 11 is 1.48. The number of aliphatic hydroxyl groups is 1. The summed E-state index contributed by atoms with van der Waals surface area (Å²) in [5.74, 6) is 5.79. The van der Waals surface area contributed by atoms with Crippen molar-refractivity contribution in [3.05, 3.63) is 21.9 Å². The third-order valence-electron chi connectivity index (χ3n) is 2.99. The van der Waals surface area contributed by atoms with Crippen molar-refractivity contribution in [3.8, 4) is 11.8 Å².